The van der Waals surface area contributed by atoms with Gasteiger partial charge in [0.05, 0.1) is 17.5 Å². The minimum absolute atomic E-state index is 0.0608. The first-order valence-electron chi connectivity index (χ1n) is 5.39. The van der Waals surface area contributed by atoms with Crippen LogP contribution in [-0.4, -0.2) is 56.0 Å². The summed E-state index contributed by atoms with van der Waals surface area (Å²) in [4.78, 5) is 11.8. The highest BCUT2D eigenvalue weighted by Crippen LogP contribution is 2.13. The van der Waals surface area contributed by atoms with E-state index in [0.717, 1.165) is 18.1 Å². The van der Waals surface area contributed by atoms with Gasteiger partial charge in [0.1, 0.15) is 0 Å². The highest BCUT2D eigenvalue weighted by molar-refractivity contribution is 7.99. The first-order valence-corrected chi connectivity index (χ1v) is 8.36. The van der Waals surface area contributed by atoms with E-state index < -0.39 is 9.84 Å². The van der Waals surface area contributed by atoms with Crippen LogP contribution in [0.4, 0.5) is 0 Å². The average molecular weight is 264 g/mol. The van der Waals surface area contributed by atoms with Gasteiger partial charge in [-0.15, -0.1) is 0 Å². The normalized spacial score (nSPS) is 33.5. The number of thioether (sulfide) groups is 1. The lowest BCUT2D eigenvalue weighted by atomic mass is 10.2. The summed E-state index contributed by atoms with van der Waals surface area (Å²) in [5.41, 5.74) is 0. The van der Waals surface area contributed by atoms with Crippen LogP contribution in [-0.2, 0) is 14.6 Å². The Kier molecular flexibility index (Phi) is 3.76. The van der Waals surface area contributed by atoms with Crippen LogP contribution in [0.2, 0.25) is 0 Å². The molecule has 2 atom stereocenters. The molecule has 2 rings (SSSR count). The molecule has 2 unspecified atom stereocenters. The topological polar surface area (TPSA) is 75.3 Å². The predicted octanol–water partition coefficient (Wildman–Crippen LogP) is -1.01. The highest BCUT2D eigenvalue weighted by Gasteiger charge is 2.31. The molecule has 0 spiro atoms. The third kappa shape index (κ3) is 3.11. The van der Waals surface area contributed by atoms with E-state index in [1.54, 1.807) is 11.8 Å². The number of carbonyl (C=O) groups excluding carboxylic acids is 1. The van der Waals surface area contributed by atoms with Gasteiger partial charge in [-0.05, 0) is 6.42 Å². The van der Waals surface area contributed by atoms with E-state index in [-0.39, 0.29) is 29.5 Å². The molecule has 2 fully saturated rings. The van der Waals surface area contributed by atoms with Crippen molar-refractivity contribution in [3.63, 3.8) is 0 Å². The largest absolute Gasteiger partial charge is 0.351 e. The summed E-state index contributed by atoms with van der Waals surface area (Å²) in [6.45, 7) is 0.839. The maximum atomic E-state index is 11.8. The van der Waals surface area contributed by atoms with Crippen molar-refractivity contribution >= 4 is 27.5 Å². The van der Waals surface area contributed by atoms with E-state index in [9.17, 15) is 13.2 Å². The number of rotatable bonds is 2. The zero-order chi connectivity index (χ0) is 11.6. The van der Waals surface area contributed by atoms with E-state index in [1.807, 2.05) is 0 Å². The second-order valence-corrected chi connectivity index (χ2v) is 7.57. The Hall–Kier alpha value is -0.270. The molecule has 0 aromatic carbocycles. The Bertz CT molecular complexity index is 363. The third-order valence-corrected chi connectivity index (χ3v) is 5.65. The number of carbonyl (C=O) groups is 1. The van der Waals surface area contributed by atoms with Gasteiger partial charge in [0, 0.05) is 24.1 Å². The fraction of sp³-hybridized carbons (Fsp3) is 0.889. The lowest BCUT2D eigenvalue weighted by Crippen LogP contribution is -2.51. The van der Waals surface area contributed by atoms with Crippen molar-refractivity contribution < 1.29 is 13.2 Å². The van der Waals surface area contributed by atoms with E-state index in [2.05, 4.69) is 10.6 Å². The molecule has 0 aromatic rings. The summed E-state index contributed by atoms with van der Waals surface area (Å²) in [5, 5.41) is 5.94. The summed E-state index contributed by atoms with van der Waals surface area (Å²) in [6, 6.07) is -0.353. The molecular formula is C9H16N2O3S2. The van der Waals surface area contributed by atoms with Crippen molar-refractivity contribution in [1.82, 2.24) is 10.6 Å². The zero-order valence-electron chi connectivity index (χ0n) is 8.94. The van der Waals surface area contributed by atoms with Crippen molar-refractivity contribution in [1.29, 1.82) is 0 Å². The molecule has 0 saturated carbocycles. The molecule has 92 valence electrons. The van der Waals surface area contributed by atoms with Crippen LogP contribution in [0.1, 0.15) is 6.42 Å². The molecule has 0 bridgehead atoms. The van der Waals surface area contributed by atoms with Crippen molar-refractivity contribution in [3.05, 3.63) is 0 Å². The van der Waals surface area contributed by atoms with E-state index >= 15 is 0 Å². The fourth-order valence-corrected chi connectivity index (χ4v) is 4.55. The fourth-order valence-electron chi connectivity index (χ4n) is 1.94. The molecule has 0 radical (unpaired) electrons. The van der Waals surface area contributed by atoms with Gasteiger partial charge in [0.2, 0.25) is 5.91 Å². The van der Waals surface area contributed by atoms with Gasteiger partial charge in [-0.25, -0.2) is 8.42 Å². The van der Waals surface area contributed by atoms with E-state index in [1.165, 1.54) is 0 Å². The summed E-state index contributed by atoms with van der Waals surface area (Å²) < 4.78 is 22.5. The Labute approximate surface area is 99.7 Å². The molecule has 2 aliphatic rings. The van der Waals surface area contributed by atoms with Gasteiger partial charge in [-0.2, -0.15) is 11.8 Å². The molecule has 5 nitrogen and oxygen atoms in total. The summed E-state index contributed by atoms with van der Waals surface area (Å²) in [6.07, 6.45) is 0.550. The number of amides is 1. The smallest absolute Gasteiger partial charge is 0.238 e. The van der Waals surface area contributed by atoms with E-state index in [4.69, 9.17) is 0 Å². The van der Waals surface area contributed by atoms with Crippen molar-refractivity contribution in [2.75, 3.05) is 29.6 Å². The summed E-state index contributed by atoms with van der Waals surface area (Å²) >= 11 is 1.75. The number of hydrogen-bond donors (Lipinski definition) is 2. The number of nitrogens with one attached hydrogen (secondary N) is 2. The standard InChI is InChI=1S/C9H16N2O3S2/c12-9(8-5-15-3-2-10-8)11-7-1-4-16(13,14)6-7/h7-8,10H,1-6H2,(H,11,12). The maximum absolute atomic E-state index is 11.8. The van der Waals surface area contributed by atoms with Crippen molar-refractivity contribution in [2.45, 2.75) is 18.5 Å². The van der Waals surface area contributed by atoms with Crippen LogP contribution in [0.5, 0.6) is 0 Å². The highest BCUT2D eigenvalue weighted by atomic mass is 32.2. The van der Waals surface area contributed by atoms with Crippen LogP contribution in [0.3, 0.4) is 0 Å². The Morgan fingerprint density at radius 1 is 1.44 bits per heavy atom. The summed E-state index contributed by atoms with van der Waals surface area (Å²) in [7, 11) is -2.91. The lowest BCUT2D eigenvalue weighted by Gasteiger charge is -2.23. The minimum Gasteiger partial charge on any atom is -0.351 e. The second kappa shape index (κ2) is 4.93. The molecule has 0 aliphatic carbocycles. The predicted molar refractivity (Wildman–Crippen MR) is 64.3 cm³/mol. The van der Waals surface area contributed by atoms with Gasteiger partial charge in [0.15, 0.2) is 9.84 Å². The van der Waals surface area contributed by atoms with Crippen LogP contribution >= 0.6 is 11.8 Å². The molecule has 2 aliphatic heterocycles. The van der Waals surface area contributed by atoms with Crippen LogP contribution in [0.15, 0.2) is 0 Å². The maximum Gasteiger partial charge on any atom is 0.238 e. The van der Waals surface area contributed by atoms with Crippen molar-refractivity contribution in [2.24, 2.45) is 0 Å². The molecule has 16 heavy (non-hydrogen) atoms. The molecule has 7 heteroatoms. The summed E-state index contributed by atoms with van der Waals surface area (Å²) in [5.74, 6) is 2.03. The Morgan fingerprint density at radius 2 is 2.25 bits per heavy atom. The quantitative estimate of drug-likeness (QED) is 0.669. The van der Waals surface area contributed by atoms with Crippen LogP contribution in [0, 0.1) is 0 Å². The molecular weight excluding hydrogens is 248 g/mol. The van der Waals surface area contributed by atoms with E-state index in [0.29, 0.717) is 6.42 Å². The second-order valence-electron chi connectivity index (χ2n) is 4.19. The van der Waals surface area contributed by atoms with Crippen LogP contribution < -0.4 is 10.6 Å². The molecule has 2 saturated heterocycles. The molecule has 2 heterocycles. The first kappa shape index (κ1) is 12.2. The Morgan fingerprint density at radius 3 is 2.81 bits per heavy atom. The monoisotopic (exact) mass is 264 g/mol. The van der Waals surface area contributed by atoms with Gasteiger partial charge in [-0.1, -0.05) is 0 Å². The molecule has 2 N–H and O–H groups in total. The number of sulfone groups is 1. The van der Waals surface area contributed by atoms with Crippen molar-refractivity contribution in [3.8, 4) is 0 Å². The van der Waals surface area contributed by atoms with Gasteiger partial charge in [-0.3, -0.25) is 4.79 Å². The van der Waals surface area contributed by atoms with Crippen LogP contribution in [0.25, 0.3) is 0 Å². The molecule has 0 aromatic heterocycles. The average Bonchev–Trinajstić information content (AvgIpc) is 2.59. The SMILES string of the molecule is O=C(NC1CCS(=O)(=O)C1)C1CSCCN1. The van der Waals surface area contributed by atoms with Gasteiger partial charge >= 0.3 is 0 Å². The minimum atomic E-state index is -2.91. The lowest BCUT2D eigenvalue weighted by molar-refractivity contribution is -0.123. The number of hydrogen-bond acceptors (Lipinski definition) is 5. The van der Waals surface area contributed by atoms with Gasteiger partial charge in [0.25, 0.3) is 0 Å². The van der Waals surface area contributed by atoms with Gasteiger partial charge < -0.3 is 10.6 Å². The zero-order valence-corrected chi connectivity index (χ0v) is 10.6. The Balaban J connectivity index is 1.83. The molecule has 1 amide bonds. The third-order valence-electron chi connectivity index (χ3n) is 2.82. The first-order chi connectivity index (χ1) is 7.57.